The number of nitrogens with zero attached hydrogens (tertiary/aromatic N) is 8. The number of fused-ring (bicyclic) bond motifs is 3. The van der Waals surface area contributed by atoms with Gasteiger partial charge in [-0.15, -0.1) is 5.10 Å². The number of piperazine rings is 1. The van der Waals surface area contributed by atoms with E-state index in [0.29, 0.717) is 80.5 Å². The Bertz CT molecular complexity index is 1590. The summed E-state index contributed by atoms with van der Waals surface area (Å²) in [5.74, 6) is 2.51. The van der Waals surface area contributed by atoms with Crippen LogP contribution in [0.5, 0.6) is 5.75 Å². The van der Waals surface area contributed by atoms with Gasteiger partial charge in [-0.1, -0.05) is 13.8 Å². The van der Waals surface area contributed by atoms with Crippen molar-refractivity contribution < 1.29 is 23.1 Å². The average molecular weight is 608 g/mol. The Morgan fingerprint density at radius 3 is 2.66 bits per heavy atom. The van der Waals surface area contributed by atoms with Gasteiger partial charge in [-0.3, -0.25) is 10.5 Å². The summed E-state index contributed by atoms with van der Waals surface area (Å²) in [5.41, 5.74) is 7.83. The molecule has 44 heavy (non-hydrogen) atoms. The molecule has 0 spiro atoms. The lowest BCUT2D eigenvalue weighted by atomic mass is 10.0. The first-order chi connectivity index (χ1) is 21.3. The number of ether oxygens (including phenoxy) is 2. The van der Waals surface area contributed by atoms with Crippen LogP contribution in [0.3, 0.4) is 0 Å². The molecule has 0 saturated carbocycles. The van der Waals surface area contributed by atoms with Crippen LogP contribution in [-0.2, 0) is 9.53 Å². The van der Waals surface area contributed by atoms with E-state index in [-0.39, 0.29) is 17.6 Å². The van der Waals surface area contributed by atoms with Gasteiger partial charge in [0.15, 0.2) is 17.9 Å². The molecule has 1 fully saturated rings. The molecular weight excluding hydrogens is 569 g/mol. The number of nitrogens with two attached hydrogens (primary N) is 1. The normalized spacial score (nSPS) is 17.2. The zero-order valence-corrected chi connectivity index (χ0v) is 25.4. The van der Waals surface area contributed by atoms with Gasteiger partial charge in [0.1, 0.15) is 30.0 Å². The van der Waals surface area contributed by atoms with Gasteiger partial charge >= 0.3 is 0 Å². The molecule has 4 aromatic rings. The molecule has 0 bridgehead atoms. The van der Waals surface area contributed by atoms with E-state index in [1.165, 1.54) is 6.07 Å². The van der Waals surface area contributed by atoms with E-state index in [4.69, 9.17) is 29.7 Å². The van der Waals surface area contributed by atoms with Crippen LogP contribution >= 0.6 is 0 Å². The van der Waals surface area contributed by atoms with Crippen molar-refractivity contribution >= 4 is 17.4 Å². The summed E-state index contributed by atoms with van der Waals surface area (Å²) in [6, 6.07) is 7.88. The molecule has 0 radical (unpaired) electrons. The maximum Gasteiger partial charge on any atom is 0.247 e. The van der Waals surface area contributed by atoms with Crippen molar-refractivity contribution in [3.8, 4) is 28.7 Å². The van der Waals surface area contributed by atoms with Gasteiger partial charge in [-0.05, 0) is 36.6 Å². The summed E-state index contributed by atoms with van der Waals surface area (Å²) in [6.07, 6.45) is 3.21. The molecule has 2 unspecified atom stereocenters. The fourth-order valence-corrected chi connectivity index (χ4v) is 5.79. The number of hydrogen-bond donors (Lipinski definition) is 1. The van der Waals surface area contributed by atoms with Crippen molar-refractivity contribution in [1.29, 1.82) is 0 Å². The highest BCUT2D eigenvalue weighted by molar-refractivity contribution is 5.83. The Morgan fingerprint density at radius 1 is 1.18 bits per heavy atom. The van der Waals surface area contributed by atoms with Gasteiger partial charge in [-0.2, -0.15) is 5.10 Å². The molecule has 3 aromatic heterocycles. The zero-order valence-electron chi connectivity index (χ0n) is 25.4. The number of halogens is 1. The molecule has 2 aliphatic rings. The molecule has 1 amide bonds. The highest BCUT2D eigenvalue weighted by atomic mass is 19.1. The standard InChI is InChI=1S/C30H38FN9O4/c1-19(2)16-24(29(41)38-11-9-37(10-12-38)23-8-7-20(17-22(23)31)43-15-14-42-4)39-28-21(18-33-39)27-34-26(25-6-5-13-44-25)35-40(27)30(32)36(28)3/h5-8,13,17-19,24,30H,9-12,14-16,32H2,1-4H3. The lowest BCUT2D eigenvalue weighted by molar-refractivity contribution is -0.135. The smallest absolute Gasteiger partial charge is 0.247 e. The third-order valence-corrected chi connectivity index (χ3v) is 8.05. The number of aromatic nitrogens is 5. The Hall–Kier alpha value is -4.43. The Morgan fingerprint density at radius 2 is 1.98 bits per heavy atom. The van der Waals surface area contributed by atoms with E-state index >= 15 is 0 Å². The first-order valence-corrected chi connectivity index (χ1v) is 14.8. The summed E-state index contributed by atoms with van der Waals surface area (Å²) in [5, 5.41) is 9.30. The molecule has 1 aromatic carbocycles. The predicted octanol–water partition coefficient (Wildman–Crippen LogP) is 3.37. The van der Waals surface area contributed by atoms with E-state index in [0.717, 1.165) is 5.56 Å². The van der Waals surface area contributed by atoms with Gasteiger partial charge in [0, 0.05) is 46.4 Å². The number of amides is 1. The third kappa shape index (κ3) is 5.50. The van der Waals surface area contributed by atoms with Gasteiger partial charge in [0.05, 0.1) is 30.3 Å². The van der Waals surface area contributed by atoms with Gasteiger partial charge in [0.25, 0.3) is 0 Å². The highest BCUT2D eigenvalue weighted by Crippen LogP contribution is 2.40. The predicted molar refractivity (Wildman–Crippen MR) is 162 cm³/mol. The Kier molecular flexibility index (Phi) is 8.27. The molecule has 2 aliphatic heterocycles. The molecule has 13 nitrogen and oxygen atoms in total. The minimum atomic E-state index is -0.658. The first kappa shape index (κ1) is 29.6. The molecular formula is C30H38FN9O4. The quantitative estimate of drug-likeness (QED) is 0.268. The fraction of sp³-hybridized carbons (Fsp3) is 0.467. The summed E-state index contributed by atoms with van der Waals surface area (Å²) in [6.45, 7) is 6.86. The van der Waals surface area contributed by atoms with Crippen LogP contribution in [0.1, 0.15) is 32.6 Å². The van der Waals surface area contributed by atoms with Crippen LogP contribution in [0.2, 0.25) is 0 Å². The molecule has 6 rings (SSSR count). The number of carbonyl (C=O) groups is 1. The third-order valence-electron chi connectivity index (χ3n) is 8.05. The SMILES string of the molecule is COCCOc1ccc(N2CCN(C(=O)C(CC(C)C)n3ncc4c3N(C)C(N)n3nc(-c5ccco5)nc3-4)CC2)c(F)c1. The molecule has 2 atom stereocenters. The lowest BCUT2D eigenvalue weighted by Gasteiger charge is -2.39. The van der Waals surface area contributed by atoms with Gasteiger partial charge in [0.2, 0.25) is 11.7 Å². The van der Waals surface area contributed by atoms with Crippen molar-refractivity contribution in [3.63, 3.8) is 0 Å². The van der Waals surface area contributed by atoms with E-state index in [9.17, 15) is 9.18 Å². The summed E-state index contributed by atoms with van der Waals surface area (Å²) in [7, 11) is 3.45. The highest BCUT2D eigenvalue weighted by Gasteiger charge is 2.38. The van der Waals surface area contributed by atoms with Crippen LogP contribution in [0.25, 0.3) is 23.0 Å². The molecule has 5 heterocycles. The summed E-state index contributed by atoms with van der Waals surface area (Å²) < 4.78 is 34.4. The summed E-state index contributed by atoms with van der Waals surface area (Å²) >= 11 is 0. The van der Waals surface area contributed by atoms with Crippen molar-refractivity contribution in [1.82, 2.24) is 29.4 Å². The van der Waals surface area contributed by atoms with Crippen LogP contribution in [-0.4, -0.2) is 88.9 Å². The number of methoxy groups -OCH3 is 1. The van der Waals surface area contributed by atoms with Crippen molar-refractivity contribution in [3.05, 3.63) is 48.6 Å². The molecule has 14 heteroatoms. The first-order valence-electron chi connectivity index (χ1n) is 14.8. The fourth-order valence-electron chi connectivity index (χ4n) is 5.79. The van der Waals surface area contributed by atoms with Crippen LogP contribution in [0, 0.1) is 11.7 Å². The molecule has 1 saturated heterocycles. The van der Waals surface area contributed by atoms with E-state index in [2.05, 4.69) is 18.9 Å². The second kappa shape index (κ2) is 12.3. The lowest BCUT2D eigenvalue weighted by Crippen LogP contribution is -2.51. The topological polar surface area (TPSA) is 133 Å². The number of anilines is 2. The van der Waals surface area contributed by atoms with Gasteiger partial charge < -0.3 is 28.6 Å². The maximum absolute atomic E-state index is 15.0. The second-order valence-electron chi connectivity index (χ2n) is 11.4. The minimum absolute atomic E-state index is 0.0306. The number of furan rings is 1. The van der Waals surface area contributed by atoms with Crippen LogP contribution < -0.4 is 20.3 Å². The largest absolute Gasteiger partial charge is 0.491 e. The average Bonchev–Trinajstić information content (AvgIpc) is 3.78. The van der Waals surface area contributed by atoms with E-state index in [1.807, 2.05) is 21.7 Å². The molecule has 234 valence electrons. The zero-order chi connectivity index (χ0) is 31.0. The van der Waals surface area contributed by atoms with Crippen LogP contribution in [0.4, 0.5) is 15.9 Å². The second-order valence-corrected chi connectivity index (χ2v) is 11.4. The molecule has 0 aliphatic carbocycles. The van der Waals surface area contributed by atoms with Crippen molar-refractivity contribution in [2.24, 2.45) is 11.7 Å². The number of benzene rings is 1. The monoisotopic (exact) mass is 607 g/mol. The Balaban J connectivity index is 1.21. The number of rotatable bonds is 10. The Labute approximate surface area is 254 Å². The number of carbonyl (C=O) groups excluding carboxylic acids is 1. The van der Waals surface area contributed by atoms with Crippen molar-refractivity contribution in [2.75, 3.05) is 63.4 Å². The van der Waals surface area contributed by atoms with Crippen LogP contribution in [0.15, 0.2) is 47.2 Å². The molecule has 2 N–H and O–H groups in total. The van der Waals surface area contributed by atoms with E-state index < -0.39 is 12.3 Å². The maximum atomic E-state index is 15.0. The summed E-state index contributed by atoms with van der Waals surface area (Å²) in [4.78, 5) is 24.5. The van der Waals surface area contributed by atoms with E-state index in [1.54, 1.807) is 53.2 Å². The van der Waals surface area contributed by atoms with Gasteiger partial charge in [-0.25, -0.2) is 18.7 Å². The van der Waals surface area contributed by atoms with Crippen molar-refractivity contribution in [2.45, 2.75) is 32.6 Å². The minimum Gasteiger partial charge on any atom is -0.491 e. The number of hydrogen-bond acceptors (Lipinski definition) is 10.